The molecule has 6 heteroatoms. The summed E-state index contributed by atoms with van der Waals surface area (Å²) in [6.07, 6.45) is 0. The van der Waals surface area contributed by atoms with Gasteiger partial charge in [0.25, 0.3) is 0 Å². The summed E-state index contributed by atoms with van der Waals surface area (Å²) in [5.74, 6) is 0.355. The number of anilines is 1. The van der Waals surface area contributed by atoms with Crippen LogP contribution in [0.1, 0.15) is 25.5 Å². The summed E-state index contributed by atoms with van der Waals surface area (Å²) in [5.41, 5.74) is 7.01. The predicted molar refractivity (Wildman–Crippen MR) is 74.3 cm³/mol. The van der Waals surface area contributed by atoms with Crippen LogP contribution in [0.4, 0.5) is 5.95 Å². The molecule has 1 atom stereocenters. The molecule has 0 saturated carbocycles. The minimum atomic E-state index is 0.224. The van der Waals surface area contributed by atoms with E-state index in [1.54, 1.807) is 4.68 Å². The molecule has 102 valence electrons. The van der Waals surface area contributed by atoms with Crippen LogP contribution in [0.15, 0.2) is 30.3 Å². The molecule has 0 aliphatic heterocycles. The van der Waals surface area contributed by atoms with E-state index in [4.69, 9.17) is 5.73 Å². The first-order chi connectivity index (χ1) is 9.26. The normalized spacial score (nSPS) is 12.8. The lowest BCUT2D eigenvalue weighted by Gasteiger charge is -2.29. The van der Waals surface area contributed by atoms with Crippen molar-refractivity contribution in [2.45, 2.75) is 26.4 Å². The van der Waals surface area contributed by atoms with E-state index in [1.165, 1.54) is 5.56 Å². The standard InChI is InChI=1S/C13H20N6/c1-3-18(4-2)12(11-8-6-5-7-9-11)10-19-13(14)15-16-17-19/h5-9,12H,3-4,10H2,1-2H3,(H2,14,15,17). The summed E-state index contributed by atoms with van der Waals surface area (Å²) < 4.78 is 1.65. The van der Waals surface area contributed by atoms with Gasteiger partial charge in [-0.25, -0.2) is 4.68 Å². The number of rotatable bonds is 6. The molecule has 1 heterocycles. The fourth-order valence-corrected chi connectivity index (χ4v) is 2.28. The fourth-order valence-electron chi connectivity index (χ4n) is 2.28. The number of benzene rings is 1. The largest absolute Gasteiger partial charge is 0.367 e. The minimum absolute atomic E-state index is 0.224. The molecule has 0 fully saturated rings. The highest BCUT2D eigenvalue weighted by Gasteiger charge is 2.20. The summed E-state index contributed by atoms with van der Waals surface area (Å²) in [6.45, 7) is 6.91. The van der Waals surface area contributed by atoms with Crippen LogP contribution in [-0.4, -0.2) is 38.2 Å². The Kier molecular flexibility index (Phi) is 4.46. The summed E-state index contributed by atoms with van der Waals surface area (Å²) in [6, 6.07) is 10.6. The number of hydrogen-bond acceptors (Lipinski definition) is 5. The van der Waals surface area contributed by atoms with E-state index in [9.17, 15) is 0 Å². The molecule has 0 amide bonds. The van der Waals surface area contributed by atoms with Gasteiger partial charge in [0.2, 0.25) is 5.95 Å². The highest BCUT2D eigenvalue weighted by atomic mass is 15.6. The molecule has 2 N–H and O–H groups in total. The minimum Gasteiger partial charge on any atom is -0.367 e. The quantitative estimate of drug-likeness (QED) is 0.848. The van der Waals surface area contributed by atoms with Gasteiger partial charge in [-0.3, -0.25) is 4.90 Å². The van der Waals surface area contributed by atoms with Gasteiger partial charge in [0.05, 0.1) is 12.6 Å². The Hall–Kier alpha value is -1.95. The number of nitrogen functional groups attached to an aromatic ring is 1. The van der Waals surface area contributed by atoms with Crippen molar-refractivity contribution in [2.24, 2.45) is 0 Å². The van der Waals surface area contributed by atoms with Gasteiger partial charge >= 0.3 is 0 Å². The van der Waals surface area contributed by atoms with Crippen LogP contribution >= 0.6 is 0 Å². The summed E-state index contributed by atoms with van der Waals surface area (Å²) in [5, 5.41) is 11.3. The molecule has 2 rings (SSSR count). The third-order valence-corrected chi connectivity index (χ3v) is 3.34. The number of hydrogen-bond donors (Lipinski definition) is 1. The highest BCUT2D eigenvalue weighted by Crippen LogP contribution is 2.22. The van der Waals surface area contributed by atoms with E-state index in [0.29, 0.717) is 12.5 Å². The molecule has 1 aromatic carbocycles. The third-order valence-electron chi connectivity index (χ3n) is 3.34. The van der Waals surface area contributed by atoms with Crippen molar-refractivity contribution in [3.8, 4) is 0 Å². The Morgan fingerprint density at radius 3 is 2.42 bits per heavy atom. The van der Waals surface area contributed by atoms with Crippen LogP contribution in [0.25, 0.3) is 0 Å². The third kappa shape index (κ3) is 3.08. The average molecular weight is 260 g/mol. The maximum Gasteiger partial charge on any atom is 0.240 e. The van der Waals surface area contributed by atoms with Gasteiger partial charge in [-0.2, -0.15) is 0 Å². The van der Waals surface area contributed by atoms with Gasteiger partial charge in [0, 0.05) is 0 Å². The summed E-state index contributed by atoms with van der Waals surface area (Å²) >= 11 is 0. The van der Waals surface area contributed by atoms with Crippen molar-refractivity contribution < 1.29 is 0 Å². The fraction of sp³-hybridized carbons (Fsp3) is 0.462. The Morgan fingerprint density at radius 2 is 1.89 bits per heavy atom. The molecule has 6 nitrogen and oxygen atoms in total. The van der Waals surface area contributed by atoms with E-state index in [1.807, 2.05) is 6.07 Å². The van der Waals surface area contributed by atoms with Crippen molar-refractivity contribution in [2.75, 3.05) is 18.8 Å². The van der Waals surface area contributed by atoms with Crippen LogP contribution in [0.5, 0.6) is 0 Å². The van der Waals surface area contributed by atoms with Gasteiger partial charge < -0.3 is 5.73 Å². The summed E-state index contributed by atoms with van der Waals surface area (Å²) in [4.78, 5) is 2.37. The molecule has 0 radical (unpaired) electrons. The molecule has 19 heavy (non-hydrogen) atoms. The van der Waals surface area contributed by atoms with E-state index in [2.05, 4.69) is 58.5 Å². The second-order valence-corrected chi connectivity index (χ2v) is 4.37. The Balaban J connectivity index is 2.27. The Morgan fingerprint density at radius 1 is 1.21 bits per heavy atom. The molecule has 0 aliphatic carbocycles. The molecular formula is C13H20N6. The molecule has 1 unspecified atom stereocenters. The number of likely N-dealkylation sites (N-methyl/N-ethyl adjacent to an activating group) is 1. The zero-order valence-electron chi connectivity index (χ0n) is 11.4. The van der Waals surface area contributed by atoms with Crippen LogP contribution < -0.4 is 5.73 Å². The maximum atomic E-state index is 5.76. The van der Waals surface area contributed by atoms with Gasteiger partial charge in [-0.15, -0.1) is 0 Å². The molecule has 0 bridgehead atoms. The topological polar surface area (TPSA) is 72.9 Å². The van der Waals surface area contributed by atoms with Crippen molar-refractivity contribution in [3.63, 3.8) is 0 Å². The highest BCUT2D eigenvalue weighted by molar-refractivity contribution is 5.20. The second-order valence-electron chi connectivity index (χ2n) is 4.37. The van der Waals surface area contributed by atoms with Crippen LogP contribution in [-0.2, 0) is 6.54 Å². The van der Waals surface area contributed by atoms with Crippen molar-refractivity contribution in [3.05, 3.63) is 35.9 Å². The van der Waals surface area contributed by atoms with Crippen LogP contribution in [0, 0.1) is 0 Å². The average Bonchev–Trinajstić information content (AvgIpc) is 2.85. The molecule has 0 aliphatic rings. The zero-order chi connectivity index (χ0) is 13.7. The van der Waals surface area contributed by atoms with Gasteiger partial charge in [-0.1, -0.05) is 49.3 Å². The number of nitrogens with two attached hydrogens (primary N) is 1. The predicted octanol–water partition coefficient (Wildman–Crippen LogP) is 1.34. The van der Waals surface area contributed by atoms with Crippen molar-refractivity contribution in [1.82, 2.24) is 25.1 Å². The van der Waals surface area contributed by atoms with E-state index in [0.717, 1.165) is 13.1 Å². The number of nitrogens with zero attached hydrogens (tertiary/aromatic N) is 5. The van der Waals surface area contributed by atoms with Crippen LogP contribution in [0.3, 0.4) is 0 Å². The SMILES string of the molecule is CCN(CC)C(Cn1nnnc1N)c1ccccc1. The van der Waals surface area contributed by atoms with E-state index >= 15 is 0 Å². The maximum absolute atomic E-state index is 5.76. The zero-order valence-corrected chi connectivity index (χ0v) is 11.4. The van der Waals surface area contributed by atoms with E-state index in [-0.39, 0.29) is 6.04 Å². The first-order valence-electron chi connectivity index (χ1n) is 6.56. The molecule has 0 spiro atoms. The van der Waals surface area contributed by atoms with Gasteiger partial charge in [-0.05, 0) is 29.1 Å². The van der Waals surface area contributed by atoms with Crippen molar-refractivity contribution >= 4 is 5.95 Å². The van der Waals surface area contributed by atoms with Gasteiger partial charge in [0.15, 0.2) is 0 Å². The second kappa shape index (κ2) is 6.29. The van der Waals surface area contributed by atoms with Crippen LogP contribution in [0.2, 0.25) is 0 Å². The molecule has 2 aromatic rings. The molecular weight excluding hydrogens is 240 g/mol. The number of tetrazole rings is 1. The van der Waals surface area contributed by atoms with E-state index < -0.39 is 0 Å². The molecule has 0 saturated heterocycles. The first-order valence-corrected chi connectivity index (χ1v) is 6.56. The lowest BCUT2D eigenvalue weighted by atomic mass is 10.1. The van der Waals surface area contributed by atoms with Crippen molar-refractivity contribution in [1.29, 1.82) is 0 Å². The summed E-state index contributed by atoms with van der Waals surface area (Å²) in [7, 11) is 0. The Bertz CT molecular complexity index is 491. The number of aromatic nitrogens is 4. The van der Waals surface area contributed by atoms with Gasteiger partial charge in [0.1, 0.15) is 0 Å². The Labute approximate surface area is 113 Å². The molecule has 1 aromatic heterocycles. The smallest absolute Gasteiger partial charge is 0.240 e. The monoisotopic (exact) mass is 260 g/mol. The lowest BCUT2D eigenvalue weighted by molar-refractivity contribution is 0.193. The lowest BCUT2D eigenvalue weighted by Crippen LogP contribution is -2.32. The first kappa shape index (κ1) is 13.5.